The maximum atomic E-state index is 13.3. The zero-order valence-electron chi connectivity index (χ0n) is 15.9. The average Bonchev–Trinajstić information content (AvgIpc) is 3.14. The van der Waals surface area contributed by atoms with Gasteiger partial charge in [-0.15, -0.1) is 12.4 Å². The molecule has 1 N–H and O–H groups in total. The summed E-state index contributed by atoms with van der Waals surface area (Å²) in [5.74, 6) is 1.38. The smallest absolute Gasteiger partial charge is 0.254 e. The van der Waals surface area contributed by atoms with Gasteiger partial charge in [0.25, 0.3) is 5.91 Å². The Morgan fingerprint density at radius 2 is 1.96 bits per heavy atom. The zero-order valence-corrected chi connectivity index (χ0v) is 16.7. The van der Waals surface area contributed by atoms with Crippen LogP contribution < -0.4 is 10.1 Å². The zero-order chi connectivity index (χ0) is 18.1. The van der Waals surface area contributed by atoms with Gasteiger partial charge < -0.3 is 15.0 Å². The van der Waals surface area contributed by atoms with Crippen LogP contribution in [0.15, 0.2) is 42.5 Å². The molecule has 2 atom stereocenters. The van der Waals surface area contributed by atoms with E-state index in [0.29, 0.717) is 19.1 Å². The summed E-state index contributed by atoms with van der Waals surface area (Å²) in [5, 5.41) is 3.49. The molecule has 2 aromatic rings. The summed E-state index contributed by atoms with van der Waals surface area (Å²) >= 11 is 0. The van der Waals surface area contributed by atoms with Crippen LogP contribution in [0.3, 0.4) is 0 Å². The molecule has 1 fully saturated rings. The topological polar surface area (TPSA) is 41.6 Å². The summed E-state index contributed by atoms with van der Waals surface area (Å²) in [5.41, 5.74) is 4.57. The van der Waals surface area contributed by atoms with Gasteiger partial charge in [0.05, 0.1) is 12.6 Å². The third kappa shape index (κ3) is 3.69. The Hall–Kier alpha value is -2.04. The number of hydrogen-bond donors (Lipinski definition) is 1. The van der Waals surface area contributed by atoms with Gasteiger partial charge in [0.15, 0.2) is 0 Å². The minimum atomic E-state index is 0. The van der Waals surface area contributed by atoms with E-state index in [1.54, 1.807) is 0 Å². The van der Waals surface area contributed by atoms with Gasteiger partial charge in [-0.25, -0.2) is 0 Å². The van der Waals surface area contributed by atoms with Crippen molar-refractivity contribution < 1.29 is 9.53 Å². The SMILES string of the molecule is CCc1cc(C)c2c(c1)[C@H]1CNC[C@@H]1N(CCOc1ccccc1)C2=O.Cl. The van der Waals surface area contributed by atoms with Gasteiger partial charge >= 0.3 is 0 Å². The first-order chi connectivity index (χ1) is 12.7. The minimum Gasteiger partial charge on any atom is -0.492 e. The lowest BCUT2D eigenvalue weighted by atomic mass is 9.81. The Morgan fingerprint density at radius 3 is 2.70 bits per heavy atom. The number of aryl methyl sites for hydroxylation is 2. The lowest BCUT2D eigenvalue weighted by Crippen LogP contribution is -2.50. The fraction of sp³-hybridized carbons (Fsp3) is 0.409. The van der Waals surface area contributed by atoms with Crippen LogP contribution in [0.4, 0.5) is 0 Å². The van der Waals surface area contributed by atoms with Crippen molar-refractivity contribution in [3.63, 3.8) is 0 Å². The maximum absolute atomic E-state index is 13.3. The van der Waals surface area contributed by atoms with Gasteiger partial charge in [0.1, 0.15) is 12.4 Å². The van der Waals surface area contributed by atoms with Crippen molar-refractivity contribution in [2.75, 3.05) is 26.2 Å². The number of ether oxygens (including phenoxy) is 1. The molecule has 0 spiro atoms. The molecule has 144 valence electrons. The molecule has 0 aromatic heterocycles. The highest BCUT2D eigenvalue weighted by Crippen LogP contribution is 2.37. The summed E-state index contributed by atoms with van der Waals surface area (Å²) < 4.78 is 5.85. The summed E-state index contributed by atoms with van der Waals surface area (Å²) in [4.78, 5) is 15.3. The third-order valence-electron chi connectivity index (χ3n) is 5.63. The standard InChI is InChI=1S/C22H26N2O2.ClH/c1-3-16-11-15(2)21-18(12-16)19-13-23-14-20(19)24(22(21)25)9-10-26-17-7-5-4-6-8-17;/h4-8,11-12,19-20,23H,3,9-10,13-14H2,1-2H3;1H/t19-,20+;/m1./s1. The number of amides is 1. The second kappa shape index (κ2) is 8.32. The molecule has 0 saturated carbocycles. The fourth-order valence-corrected chi connectivity index (χ4v) is 4.33. The molecule has 0 radical (unpaired) electrons. The molecule has 0 bridgehead atoms. The van der Waals surface area contributed by atoms with Crippen molar-refractivity contribution in [3.05, 3.63) is 64.7 Å². The van der Waals surface area contributed by atoms with Crippen molar-refractivity contribution in [2.24, 2.45) is 0 Å². The van der Waals surface area contributed by atoms with E-state index in [0.717, 1.165) is 36.4 Å². The highest BCUT2D eigenvalue weighted by atomic mass is 35.5. The van der Waals surface area contributed by atoms with Gasteiger partial charge in [-0.3, -0.25) is 4.79 Å². The number of carbonyl (C=O) groups excluding carboxylic acids is 1. The highest BCUT2D eigenvalue weighted by molar-refractivity contribution is 5.99. The Labute approximate surface area is 167 Å². The van der Waals surface area contributed by atoms with E-state index < -0.39 is 0 Å². The number of benzene rings is 2. The molecule has 1 amide bonds. The molecule has 0 aliphatic carbocycles. The largest absolute Gasteiger partial charge is 0.492 e. The average molecular weight is 387 g/mol. The van der Waals surface area contributed by atoms with Crippen molar-refractivity contribution >= 4 is 18.3 Å². The number of para-hydroxylation sites is 1. The lowest BCUT2D eigenvalue weighted by Gasteiger charge is -2.39. The Morgan fingerprint density at radius 1 is 1.19 bits per heavy atom. The van der Waals surface area contributed by atoms with E-state index in [2.05, 4.69) is 31.3 Å². The first-order valence-electron chi connectivity index (χ1n) is 9.52. The second-order valence-corrected chi connectivity index (χ2v) is 7.22. The molecule has 1 saturated heterocycles. The monoisotopic (exact) mass is 386 g/mol. The van der Waals surface area contributed by atoms with Crippen LogP contribution in [0.5, 0.6) is 5.75 Å². The van der Waals surface area contributed by atoms with Crippen LogP contribution >= 0.6 is 12.4 Å². The third-order valence-corrected chi connectivity index (χ3v) is 5.63. The van der Waals surface area contributed by atoms with Gasteiger partial charge in [-0.05, 0) is 42.2 Å². The van der Waals surface area contributed by atoms with Crippen molar-refractivity contribution in [2.45, 2.75) is 32.2 Å². The van der Waals surface area contributed by atoms with E-state index in [1.165, 1.54) is 11.1 Å². The van der Waals surface area contributed by atoms with Crippen molar-refractivity contribution in [1.82, 2.24) is 10.2 Å². The molecule has 5 heteroatoms. The Kier molecular flexibility index (Phi) is 6.08. The summed E-state index contributed by atoms with van der Waals surface area (Å²) in [6.45, 7) is 7.16. The number of nitrogens with one attached hydrogen (secondary N) is 1. The van der Waals surface area contributed by atoms with Gasteiger partial charge in [-0.2, -0.15) is 0 Å². The van der Waals surface area contributed by atoms with Crippen molar-refractivity contribution in [1.29, 1.82) is 0 Å². The Bertz CT molecular complexity index is 809. The molecular formula is C22H27ClN2O2. The van der Waals surface area contributed by atoms with Gasteiger partial charge in [-0.1, -0.05) is 37.3 Å². The predicted molar refractivity (Wildman–Crippen MR) is 110 cm³/mol. The lowest BCUT2D eigenvalue weighted by molar-refractivity contribution is 0.0613. The van der Waals surface area contributed by atoms with E-state index in [9.17, 15) is 4.79 Å². The maximum Gasteiger partial charge on any atom is 0.254 e. The molecule has 27 heavy (non-hydrogen) atoms. The van der Waals surface area contributed by atoms with E-state index in [1.807, 2.05) is 35.2 Å². The Balaban J connectivity index is 0.00000210. The summed E-state index contributed by atoms with van der Waals surface area (Å²) in [6.07, 6.45) is 1.00. The molecule has 2 heterocycles. The highest BCUT2D eigenvalue weighted by Gasteiger charge is 2.42. The summed E-state index contributed by atoms with van der Waals surface area (Å²) in [7, 11) is 0. The number of nitrogens with zero attached hydrogens (tertiary/aromatic N) is 1. The molecule has 2 aliphatic heterocycles. The van der Waals surface area contributed by atoms with E-state index in [-0.39, 0.29) is 24.4 Å². The quantitative estimate of drug-likeness (QED) is 0.854. The first kappa shape index (κ1) is 19.7. The van der Waals surface area contributed by atoms with Crippen LogP contribution in [0.1, 0.15) is 39.9 Å². The van der Waals surface area contributed by atoms with E-state index >= 15 is 0 Å². The number of fused-ring (bicyclic) bond motifs is 3. The van der Waals surface area contributed by atoms with Gasteiger partial charge in [0, 0.05) is 24.6 Å². The van der Waals surface area contributed by atoms with Crippen molar-refractivity contribution in [3.8, 4) is 5.75 Å². The van der Waals surface area contributed by atoms with Crippen LogP contribution in [0, 0.1) is 6.92 Å². The number of hydrogen-bond acceptors (Lipinski definition) is 3. The molecule has 2 aromatic carbocycles. The minimum absolute atomic E-state index is 0. The second-order valence-electron chi connectivity index (χ2n) is 7.22. The summed E-state index contributed by atoms with van der Waals surface area (Å²) in [6, 6.07) is 14.4. The number of rotatable bonds is 5. The molecule has 0 unspecified atom stereocenters. The van der Waals surface area contributed by atoms with E-state index in [4.69, 9.17) is 4.74 Å². The molecule has 4 rings (SSSR count). The van der Waals surface area contributed by atoms with Crippen LogP contribution in [0.2, 0.25) is 0 Å². The predicted octanol–water partition coefficient (Wildman–Crippen LogP) is 3.57. The normalized spacial score (nSPS) is 20.7. The molecular weight excluding hydrogens is 360 g/mol. The molecule has 2 aliphatic rings. The number of halogens is 1. The van der Waals surface area contributed by atoms with Gasteiger partial charge in [0.2, 0.25) is 0 Å². The number of carbonyl (C=O) groups is 1. The van der Waals surface area contributed by atoms with Crippen LogP contribution in [-0.2, 0) is 6.42 Å². The first-order valence-corrected chi connectivity index (χ1v) is 9.52. The van der Waals surface area contributed by atoms with Crippen LogP contribution in [0.25, 0.3) is 0 Å². The van der Waals surface area contributed by atoms with Crippen LogP contribution in [-0.4, -0.2) is 43.1 Å². The fourth-order valence-electron chi connectivity index (χ4n) is 4.33. The molecule has 4 nitrogen and oxygen atoms in total.